The highest BCUT2D eigenvalue weighted by Crippen LogP contribution is 2.35. The average molecular weight is 369 g/mol. The van der Waals surface area contributed by atoms with Crippen LogP contribution >= 0.6 is 0 Å². The summed E-state index contributed by atoms with van der Waals surface area (Å²) in [6, 6.07) is 4.41. The molecule has 4 rings (SSSR count). The third kappa shape index (κ3) is 3.16. The molecule has 7 heteroatoms. The van der Waals surface area contributed by atoms with Crippen LogP contribution in [0.15, 0.2) is 23.5 Å². The van der Waals surface area contributed by atoms with E-state index in [1.165, 1.54) is 5.69 Å². The van der Waals surface area contributed by atoms with Gasteiger partial charge >= 0.3 is 0 Å². The molecule has 2 aromatic rings. The van der Waals surface area contributed by atoms with Crippen LogP contribution in [0.1, 0.15) is 43.3 Å². The molecule has 0 bridgehead atoms. The fraction of sp³-hybridized carbons (Fsp3) is 0.500. The first-order chi connectivity index (χ1) is 13.1. The van der Waals surface area contributed by atoms with E-state index in [0.29, 0.717) is 17.5 Å². The number of nitrogens with one attached hydrogen (secondary N) is 1. The van der Waals surface area contributed by atoms with Crippen LogP contribution in [0.4, 0.5) is 5.69 Å². The first kappa shape index (κ1) is 17.9. The van der Waals surface area contributed by atoms with Crippen LogP contribution in [-0.2, 0) is 13.0 Å². The molecule has 2 aliphatic rings. The third-order valence-corrected chi connectivity index (χ3v) is 5.58. The monoisotopic (exact) mass is 369 g/mol. The van der Waals surface area contributed by atoms with Gasteiger partial charge in [0, 0.05) is 54.8 Å². The van der Waals surface area contributed by atoms with Crippen molar-refractivity contribution in [2.24, 2.45) is 4.99 Å². The van der Waals surface area contributed by atoms with Gasteiger partial charge in [0.1, 0.15) is 0 Å². The number of methoxy groups -OCH3 is 2. The summed E-state index contributed by atoms with van der Waals surface area (Å²) >= 11 is 0. The molecule has 0 amide bonds. The molecule has 1 aromatic heterocycles. The minimum Gasteiger partial charge on any atom is -0.493 e. The van der Waals surface area contributed by atoms with Crippen molar-refractivity contribution in [2.45, 2.75) is 45.6 Å². The van der Waals surface area contributed by atoms with Crippen LogP contribution in [0.5, 0.6) is 11.5 Å². The Hall–Kier alpha value is -2.54. The minimum atomic E-state index is -0.0995. The molecule has 7 nitrogen and oxygen atoms in total. The molecular formula is C20H27N5O2. The van der Waals surface area contributed by atoms with Crippen molar-refractivity contribution in [3.05, 3.63) is 35.4 Å². The van der Waals surface area contributed by atoms with E-state index >= 15 is 0 Å². The maximum Gasteiger partial charge on any atom is 0.176 e. The molecule has 0 saturated carbocycles. The van der Waals surface area contributed by atoms with E-state index in [1.807, 2.05) is 24.7 Å². The van der Waals surface area contributed by atoms with E-state index in [4.69, 9.17) is 14.5 Å². The van der Waals surface area contributed by atoms with Crippen molar-refractivity contribution >= 4 is 11.9 Å². The van der Waals surface area contributed by atoms with Crippen LogP contribution < -0.4 is 14.8 Å². The highest BCUT2D eigenvalue weighted by Gasteiger charge is 2.28. The molecular weight excluding hydrogens is 342 g/mol. The molecule has 2 aliphatic heterocycles. The van der Waals surface area contributed by atoms with Gasteiger partial charge in [0.15, 0.2) is 17.8 Å². The Morgan fingerprint density at radius 1 is 1.26 bits per heavy atom. The second-order valence-corrected chi connectivity index (χ2v) is 7.11. The normalized spacial score (nSPS) is 19.8. The molecule has 1 aromatic carbocycles. The number of nitrogens with zero attached hydrogens (tertiary/aromatic N) is 4. The second kappa shape index (κ2) is 7.23. The van der Waals surface area contributed by atoms with Crippen molar-refractivity contribution in [2.75, 3.05) is 26.1 Å². The van der Waals surface area contributed by atoms with Gasteiger partial charge in [0.2, 0.25) is 0 Å². The second-order valence-electron chi connectivity index (χ2n) is 7.11. The summed E-state index contributed by atoms with van der Waals surface area (Å²) < 4.78 is 13.1. The minimum absolute atomic E-state index is 0.0995. The van der Waals surface area contributed by atoms with Gasteiger partial charge in [0.05, 0.1) is 26.2 Å². The SMILES string of the molecule is CCC(C)n1cnc2c1CCN(C1N=Cc3cc(OC)c(OC)cc3N1)C2. The fourth-order valence-corrected chi connectivity index (χ4v) is 3.78. The molecule has 0 aliphatic carbocycles. The number of anilines is 1. The van der Waals surface area contributed by atoms with Gasteiger partial charge in [-0.1, -0.05) is 6.92 Å². The number of aromatic nitrogens is 2. The summed E-state index contributed by atoms with van der Waals surface area (Å²) in [6.45, 7) is 6.22. The zero-order chi connectivity index (χ0) is 19.0. The van der Waals surface area contributed by atoms with E-state index in [0.717, 1.165) is 42.9 Å². The maximum atomic E-state index is 5.43. The van der Waals surface area contributed by atoms with Gasteiger partial charge in [-0.05, 0) is 19.4 Å². The number of benzene rings is 1. The van der Waals surface area contributed by atoms with Crippen LogP contribution in [-0.4, -0.2) is 47.7 Å². The van der Waals surface area contributed by atoms with Crippen molar-refractivity contribution < 1.29 is 9.47 Å². The van der Waals surface area contributed by atoms with Crippen LogP contribution in [0, 0.1) is 0 Å². The Balaban J connectivity index is 1.53. The smallest absolute Gasteiger partial charge is 0.176 e. The van der Waals surface area contributed by atoms with E-state index in [9.17, 15) is 0 Å². The average Bonchev–Trinajstić information content (AvgIpc) is 3.14. The third-order valence-electron chi connectivity index (χ3n) is 5.58. The van der Waals surface area contributed by atoms with E-state index in [-0.39, 0.29) is 6.29 Å². The van der Waals surface area contributed by atoms with E-state index in [1.54, 1.807) is 14.2 Å². The van der Waals surface area contributed by atoms with Gasteiger partial charge < -0.3 is 19.4 Å². The summed E-state index contributed by atoms with van der Waals surface area (Å²) in [5.74, 6) is 1.42. The topological polar surface area (TPSA) is 63.9 Å². The van der Waals surface area contributed by atoms with Gasteiger partial charge in [-0.2, -0.15) is 0 Å². The Labute approximate surface area is 160 Å². The lowest BCUT2D eigenvalue weighted by Crippen LogP contribution is -2.44. The lowest BCUT2D eigenvalue weighted by molar-refractivity contribution is 0.196. The fourth-order valence-electron chi connectivity index (χ4n) is 3.78. The van der Waals surface area contributed by atoms with Crippen LogP contribution in [0.3, 0.4) is 0 Å². The van der Waals surface area contributed by atoms with Gasteiger partial charge in [0.25, 0.3) is 0 Å². The molecule has 27 heavy (non-hydrogen) atoms. The number of hydrogen-bond donors (Lipinski definition) is 1. The molecule has 144 valence electrons. The zero-order valence-corrected chi connectivity index (χ0v) is 16.4. The maximum absolute atomic E-state index is 5.43. The predicted octanol–water partition coefficient (Wildman–Crippen LogP) is 3.06. The Morgan fingerprint density at radius 2 is 2.04 bits per heavy atom. The predicted molar refractivity (Wildman–Crippen MR) is 106 cm³/mol. The van der Waals surface area contributed by atoms with E-state index < -0.39 is 0 Å². The van der Waals surface area contributed by atoms with Crippen LogP contribution in [0.25, 0.3) is 0 Å². The molecule has 0 radical (unpaired) electrons. The van der Waals surface area contributed by atoms with Crippen molar-refractivity contribution in [1.82, 2.24) is 14.5 Å². The number of ether oxygens (including phenoxy) is 2. The number of aliphatic imine (C=N–C) groups is 1. The molecule has 2 atom stereocenters. The summed E-state index contributed by atoms with van der Waals surface area (Å²) in [5, 5.41) is 3.52. The molecule has 2 unspecified atom stereocenters. The number of fused-ring (bicyclic) bond motifs is 2. The number of hydrogen-bond acceptors (Lipinski definition) is 6. The first-order valence-corrected chi connectivity index (χ1v) is 9.49. The van der Waals surface area contributed by atoms with Crippen molar-refractivity contribution in [3.63, 3.8) is 0 Å². The molecule has 0 saturated heterocycles. The summed E-state index contributed by atoms with van der Waals surface area (Å²) in [5.41, 5.74) is 4.54. The van der Waals surface area contributed by atoms with Gasteiger partial charge in [-0.3, -0.25) is 9.89 Å². The Bertz CT molecular complexity index is 860. The quantitative estimate of drug-likeness (QED) is 0.878. The largest absolute Gasteiger partial charge is 0.493 e. The molecule has 0 spiro atoms. The Kier molecular flexibility index (Phi) is 4.78. The Morgan fingerprint density at radius 3 is 2.78 bits per heavy atom. The molecule has 3 heterocycles. The summed E-state index contributed by atoms with van der Waals surface area (Å²) in [6.07, 6.45) is 5.91. The van der Waals surface area contributed by atoms with Crippen molar-refractivity contribution in [1.29, 1.82) is 0 Å². The summed E-state index contributed by atoms with van der Waals surface area (Å²) in [4.78, 5) is 11.7. The number of imidazole rings is 1. The van der Waals surface area contributed by atoms with Gasteiger partial charge in [-0.25, -0.2) is 4.98 Å². The van der Waals surface area contributed by atoms with E-state index in [2.05, 4.69) is 33.6 Å². The van der Waals surface area contributed by atoms with Crippen LogP contribution in [0.2, 0.25) is 0 Å². The number of rotatable bonds is 5. The lowest BCUT2D eigenvalue weighted by atomic mass is 10.1. The van der Waals surface area contributed by atoms with Gasteiger partial charge in [-0.15, -0.1) is 0 Å². The lowest BCUT2D eigenvalue weighted by Gasteiger charge is -2.35. The first-order valence-electron chi connectivity index (χ1n) is 9.49. The summed E-state index contributed by atoms with van der Waals surface area (Å²) in [7, 11) is 3.29. The van der Waals surface area contributed by atoms with Crippen molar-refractivity contribution in [3.8, 4) is 11.5 Å². The highest BCUT2D eigenvalue weighted by atomic mass is 16.5. The molecule has 0 fully saturated rings. The standard InChI is InChI=1S/C20H27N5O2/c1-5-13(2)25-12-22-16-11-24(7-6-17(16)25)20-21-10-14-8-18(26-3)19(27-4)9-15(14)23-20/h8-10,12-13,20,23H,5-7,11H2,1-4H3. The zero-order valence-electron chi connectivity index (χ0n) is 16.4. The molecule has 1 N–H and O–H groups in total. The highest BCUT2D eigenvalue weighted by molar-refractivity contribution is 5.91.